The Kier molecular flexibility index (Phi) is 7.02. The van der Waals surface area contributed by atoms with Gasteiger partial charge in [0.2, 0.25) is 5.91 Å². The zero-order valence-corrected chi connectivity index (χ0v) is 21.7. The topological polar surface area (TPSA) is 86.1 Å². The zero-order chi connectivity index (χ0) is 25.9. The number of likely N-dealkylation sites (tertiary alicyclic amines) is 1. The number of nitrogens with one attached hydrogen (secondary N) is 2. The first-order valence-electron chi connectivity index (χ1n) is 12.8. The van der Waals surface area contributed by atoms with Gasteiger partial charge >= 0.3 is 0 Å². The molecule has 5 rings (SSSR count). The number of nitriles is 1. The third-order valence-electron chi connectivity index (χ3n) is 7.70. The van der Waals surface area contributed by atoms with E-state index < -0.39 is 0 Å². The molecule has 4 aromatic rings. The van der Waals surface area contributed by atoms with Crippen LogP contribution in [-0.4, -0.2) is 47.1 Å². The number of ether oxygens (including phenoxy) is 1. The molecular weight excluding hydrogens is 462 g/mol. The molecule has 0 saturated carbocycles. The molecule has 3 heterocycles. The van der Waals surface area contributed by atoms with Gasteiger partial charge in [-0.3, -0.25) is 9.69 Å². The van der Waals surface area contributed by atoms with Crippen LogP contribution in [0.5, 0.6) is 5.75 Å². The Balaban J connectivity index is 1.25. The predicted molar refractivity (Wildman–Crippen MR) is 146 cm³/mol. The van der Waals surface area contributed by atoms with E-state index in [2.05, 4.69) is 51.7 Å². The maximum atomic E-state index is 13.1. The smallest absolute Gasteiger partial charge is 0.239 e. The number of carbonyl (C=O) groups is 1. The van der Waals surface area contributed by atoms with Gasteiger partial charge < -0.3 is 19.6 Å². The van der Waals surface area contributed by atoms with Crippen LogP contribution in [-0.2, 0) is 11.3 Å². The van der Waals surface area contributed by atoms with E-state index >= 15 is 0 Å². The first-order valence-corrected chi connectivity index (χ1v) is 12.8. The Morgan fingerprint density at radius 1 is 1.16 bits per heavy atom. The third kappa shape index (κ3) is 4.98. The molecular formula is C30H33N5O2. The molecule has 190 valence electrons. The van der Waals surface area contributed by atoms with Crippen LogP contribution in [0.1, 0.15) is 46.7 Å². The molecule has 1 saturated heterocycles. The fraction of sp³-hybridized carbons (Fsp3) is 0.333. The average molecular weight is 496 g/mol. The molecule has 1 aliphatic rings. The summed E-state index contributed by atoms with van der Waals surface area (Å²) in [4.78, 5) is 18.7. The summed E-state index contributed by atoms with van der Waals surface area (Å²) in [5.41, 5.74) is 6.00. The summed E-state index contributed by atoms with van der Waals surface area (Å²) in [5, 5.41) is 14.1. The van der Waals surface area contributed by atoms with Crippen molar-refractivity contribution in [1.29, 1.82) is 5.26 Å². The van der Waals surface area contributed by atoms with Crippen LogP contribution in [0.4, 0.5) is 5.82 Å². The second kappa shape index (κ2) is 10.5. The van der Waals surface area contributed by atoms with Crippen LogP contribution >= 0.6 is 0 Å². The molecule has 2 aromatic carbocycles. The van der Waals surface area contributed by atoms with Crippen molar-refractivity contribution in [2.24, 2.45) is 0 Å². The average Bonchev–Trinajstić information content (AvgIpc) is 3.43. The minimum Gasteiger partial charge on any atom is -0.497 e. The highest BCUT2D eigenvalue weighted by molar-refractivity contribution is 5.93. The minimum absolute atomic E-state index is 0.0846. The maximum Gasteiger partial charge on any atom is 0.239 e. The molecule has 0 bridgehead atoms. The van der Waals surface area contributed by atoms with Crippen molar-refractivity contribution < 1.29 is 9.53 Å². The van der Waals surface area contributed by atoms with Gasteiger partial charge in [0.15, 0.2) is 0 Å². The molecule has 1 fully saturated rings. The van der Waals surface area contributed by atoms with Gasteiger partial charge in [0.25, 0.3) is 0 Å². The summed E-state index contributed by atoms with van der Waals surface area (Å²) < 4.78 is 7.46. The van der Waals surface area contributed by atoms with E-state index in [0.717, 1.165) is 54.0 Å². The largest absolute Gasteiger partial charge is 0.497 e. The van der Waals surface area contributed by atoms with Crippen molar-refractivity contribution in [1.82, 2.24) is 14.5 Å². The van der Waals surface area contributed by atoms with Gasteiger partial charge in [0.05, 0.1) is 19.2 Å². The van der Waals surface area contributed by atoms with Gasteiger partial charge in [-0.15, -0.1) is 0 Å². The number of H-pyrrole nitrogens is 1. The standard InChI is InChI=1S/C30H33N5O2/c1-20-21(2)35(18-22-7-5-4-6-8-22)30(26(20)16-31)33-29(36)19-34-13-11-23(12-14-34)27-17-32-28-10-9-24(37-3)15-25(27)28/h4-10,15,17,23,32H,11-14,18-19H2,1-3H3,(H,33,36). The minimum atomic E-state index is -0.0846. The first-order chi connectivity index (χ1) is 18.0. The van der Waals surface area contributed by atoms with E-state index in [1.807, 2.05) is 42.7 Å². The maximum absolute atomic E-state index is 13.1. The highest BCUT2D eigenvalue weighted by Gasteiger charge is 2.25. The van der Waals surface area contributed by atoms with Crippen LogP contribution in [0.25, 0.3) is 10.9 Å². The molecule has 2 aromatic heterocycles. The van der Waals surface area contributed by atoms with Crippen molar-refractivity contribution in [2.45, 2.75) is 39.2 Å². The summed E-state index contributed by atoms with van der Waals surface area (Å²) in [6.45, 7) is 6.56. The summed E-state index contributed by atoms with van der Waals surface area (Å²) in [7, 11) is 1.69. The summed E-state index contributed by atoms with van der Waals surface area (Å²) in [6.07, 6.45) is 4.10. The number of piperidine rings is 1. The number of nitrogens with zero attached hydrogens (tertiary/aromatic N) is 3. The van der Waals surface area contributed by atoms with Gasteiger partial charge in [-0.1, -0.05) is 30.3 Å². The molecule has 0 spiro atoms. The summed E-state index contributed by atoms with van der Waals surface area (Å²) in [5.74, 6) is 1.81. The zero-order valence-electron chi connectivity index (χ0n) is 21.7. The Hall–Kier alpha value is -4.02. The quantitative estimate of drug-likeness (QED) is 0.363. The number of benzene rings is 2. The third-order valence-corrected chi connectivity index (χ3v) is 7.70. The molecule has 1 amide bonds. The number of anilines is 1. The fourth-order valence-electron chi connectivity index (χ4n) is 5.46. The Labute approximate surface area is 217 Å². The number of hydrogen-bond donors (Lipinski definition) is 2. The summed E-state index contributed by atoms with van der Waals surface area (Å²) >= 11 is 0. The van der Waals surface area contributed by atoms with E-state index in [-0.39, 0.29) is 5.91 Å². The van der Waals surface area contributed by atoms with E-state index in [4.69, 9.17) is 4.74 Å². The lowest BCUT2D eigenvalue weighted by atomic mass is 9.89. The van der Waals surface area contributed by atoms with Crippen molar-refractivity contribution in [3.05, 3.63) is 82.7 Å². The Morgan fingerprint density at radius 3 is 2.62 bits per heavy atom. The van der Waals surface area contributed by atoms with Crippen LogP contribution in [0.15, 0.2) is 54.7 Å². The van der Waals surface area contributed by atoms with Crippen molar-refractivity contribution >= 4 is 22.6 Å². The van der Waals surface area contributed by atoms with E-state index in [1.54, 1.807) is 7.11 Å². The van der Waals surface area contributed by atoms with Gasteiger partial charge in [-0.25, -0.2) is 0 Å². The normalized spacial score (nSPS) is 14.5. The molecule has 0 unspecified atom stereocenters. The van der Waals surface area contributed by atoms with E-state index in [0.29, 0.717) is 30.4 Å². The number of amides is 1. The number of aromatic nitrogens is 2. The molecule has 1 aliphatic heterocycles. The second-order valence-electron chi connectivity index (χ2n) is 9.87. The molecule has 2 N–H and O–H groups in total. The number of hydrogen-bond acceptors (Lipinski definition) is 4. The number of methoxy groups -OCH3 is 1. The van der Waals surface area contributed by atoms with Gasteiger partial charge in [0, 0.05) is 29.3 Å². The summed E-state index contributed by atoms with van der Waals surface area (Å²) in [6, 6.07) is 18.5. The second-order valence-corrected chi connectivity index (χ2v) is 9.87. The predicted octanol–water partition coefficient (Wildman–Crippen LogP) is 5.33. The highest BCUT2D eigenvalue weighted by Crippen LogP contribution is 2.35. The lowest BCUT2D eigenvalue weighted by Crippen LogP contribution is -2.39. The van der Waals surface area contributed by atoms with Crippen LogP contribution < -0.4 is 10.1 Å². The van der Waals surface area contributed by atoms with E-state index in [1.165, 1.54) is 10.9 Å². The number of aromatic amines is 1. The van der Waals surface area contributed by atoms with Gasteiger partial charge in [-0.05, 0) is 80.6 Å². The number of rotatable bonds is 7. The molecule has 7 heteroatoms. The number of fused-ring (bicyclic) bond motifs is 1. The Bertz CT molecular complexity index is 1450. The highest BCUT2D eigenvalue weighted by atomic mass is 16.5. The van der Waals surface area contributed by atoms with Gasteiger partial charge in [-0.2, -0.15) is 5.26 Å². The van der Waals surface area contributed by atoms with Gasteiger partial charge in [0.1, 0.15) is 17.6 Å². The first kappa shape index (κ1) is 24.7. The molecule has 7 nitrogen and oxygen atoms in total. The molecule has 37 heavy (non-hydrogen) atoms. The lowest BCUT2D eigenvalue weighted by Gasteiger charge is -2.31. The van der Waals surface area contributed by atoms with Crippen molar-refractivity contribution in [3.8, 4) is 11.8 Å². The lowest BCUT2D eigenvalue weighted by molar-refractivity contribution is -0.117. The monoisotopic (exact) mass is 495 g/mol. The molecule has 0 atom stereocenters. The van der Waals surface area contributed by atoms with Crippen LogP contribution in [0.2, 0.25) is 0 Å². The number of carbonyl (C=O) groups excluding carboxylic acids is 1. The van der Waals surface area contributed by atoms with Crippen LogP contribution in [0, 0.1) is 25.2 Å². The van der Waals surface area contributed by atoms with Crippen molar-refractivity contribution in [3.63, 3.8) is 0 Å². The SMILES string of the molecule is COc1ccc2[nH]cc(C3CCN(CC(=O)Nc4c(C#N)c(C)c(C)n4Cc4ccccc4)CC3)c2c1. The molecule has 0 radical (unpaired) electrons. The molecule has 0 aliphatic carbocycles. The fourth-order valence-corrected chi connectivity index (χ4v) is 5.46. The van der Waals surface area contributed by atoms with E-state index in [9.17, 15) is 10.1 Å². The van der Waals surface area contributed by atoms with Crippen molar-refractivity contribution in [2.75, 3.05) is 32.1 Å². The van der Waals surface area contributed by atoms with Crippen LogP contribution in [0.3, 0.4) is 0 Å². The Morgan fingerprint density at radius 2 is 1.92 bits per heavy atom.